The van der Waals surface area contributed by atoms with Crippen molar-refractivity contribution in [2.45, 2.75) is 31.5 Å². The van der Waals surface area contributed by atoms with E-state index in [1.807, 2.05) is 0 Å². The maximum atomic E-state index is 14.7. The van der Waals surface area contributed by atoms with Crippen LogP contribution in [0.5, 0.6) is 5.75 Å². The first-order chi connectivity index (χ1) is 10.8. The van der Waals surface area contributed by atoms with Gasteiger partial charge >= 0.3 is 5.97 Å². The molecule has 3 nitrogen and oxygen atoms in total. The first kappa shape index (κ1) is 19.5. The standard InChI is InChI=1S/C15H15BrF2O3.CH3F/c1-15(18,5-2-6-17)13-11(14(19)20)8-9-7-10(16)3-4-12(9)21-13;1-2/h3-4,7-8,13H,2,5-6H2,1H3,(H,19,20);1H3. The smallest absolute Gasteiger partial charge is 0.335 e. The number of aliphatic carboxylic acids is 1. The van der Waals surface area contributed by atoms with E-state index in [1.54, 1.807) is 18.2 Å². The SMILES string of the molecule is CC(F)(CCCF)C1Oc2ccc(Br)cc2C=C1C(=O)O.CF. The van der Waals surface area contributed by atoms with Crippen molar-refractivity contribution in [1.82, 2.24) is 0 Å². The van der Waals surface area contributed by atoms with Crippen molar-refractivity contribution < 1.29 is 27.8 Å². The number of ether oxygens (including phenoxy) is 1. The summed E-state index contributed by atoms with van der Waals surface area (Å²) in [6, 6.07) is 5.07. The molecule has 0 bridgehead atoms. The number of halogens is 4. The molecule has 1 aliphatic heterocycles. The van der Waals surface area contributed by atoms with Gasteiger partial charge in [0.1, 0.15) is 11.4 Å². The van der Waals surface area contributed by atoms with Crippen molar-refractivity contribution in [3.05, 3.63) is 33.8 Å². The highest BCUT2D eigenvalue weighted by atomic mass is 79.9. The lowest BCUT2D eigenvalue weighted by Gasteiger charge is -2.34. The minimum absolute atomic E-state index is 0.0208. The summed E-state index contributed by atoms with van der Waals surface area (Å²) in [6.07, 6.45) is 0.0665. The number of hydrogen-bond donors (Lipinski definition) is 1. The summed E-state index contributed by atoms with van der Waals surface area (Å²) in [5, 5.41) is 9.29. The van der Waals surface area contributed by atoms with Crippen LogP contribution in [0.15, 0.2) is 28.2 Å². The van der Waals surface area contributed by atoms with Gasteiger partial charge in [-0.2, -0.15) is 0 Å². The molecule has 0 aliphatic carbocycles. The van der Waals surface area contributed by atoms with Crippen LogP contribution in [-0.4, -0.2) is 36.7 Å². The Morgan fingerprint density at radius 3 is 2.65 bits per heavy atom. The molecule has 0 radical (unpaired) electrons. The third kappa shape index (κ3) is 4.73. The van der Waals surface area contributed by atoms with Crippen LogP contribution in [0.2, 0.25) is 0 Å². The molecule has 2 rings (SSSR count). The monoisotopic (exact) mass is 394 g/mol. The molecular formula is C16H18BrF3O3. The maximum Gasteiger partial charge on any atom is 0.335 e. The van der Waals surface area contributed by atoms with Gasteiger partial charge in [-0.15, -0.1) is 0 Å². The molecule has 0 amide bonds. The average molecular weight is 395 g/mol. The van der Waals surface area contributed by atoms with Gasteiger partial charge in [-0.25, -0.2) is 9.18 Å². The topological polar surface area (TPSA) is 46.5 Å². The van der Waals surface area contributed by atoms with E-state index in [4.69, 9.17) is 4.74 Å². The summed E-state index contributed by atoms with van der Waals surface area (Å²) in [7, 11) is 0.500. The van der Waals surface area contributed by atoms with Gasteiger partial charge < -0.3 is 9.84 Å². The highest BCUT2D eigenvalue weighted by Gasteiger charge is 2.43. The zero-order valence-electron chi connectivity index (χ0n) is 12.8. The number of rotatable bonds is 5. The van der Waals surface area contributed by atoms with Gasteiger partial charge in [-0.3, -0.25) is 8.78 Å². The van der Waals surface area contributed by atoms with Gasteiger partial charge in [-0.1, -0.05) is 15.9 Å². The Labute approximate surface area is 141 Å². The largest absolute Gasteiger partial charge is 0.481 e. The lowest BCUT2D eigenvalue weighted by Crippen LogP contribution is -2.44. The molecule has 7 heteroatoms. The van der Waals surface area contributed by atoms with Crippen LogP contribution in [0, 0.1) is 0 Å². The highest BCUT2D eigenvalue weighted by Crippen LogP contribution is 2.38. The van der Waals surface area contributed by atoms with Crippen LogP contribution in [0.3, 0.4) is 0 Å². The van der Waals surface area contributed by atoms with E-state index in [0.717, 1.165) is 4.47 Å². The minimum Gasteiger partial charge on any atom is -0.481 e. The van der Waals surface area contributed by atoms with Crippen LogP contribution >= 0.6 is 15.9 Å². The molecule has 0 saturated carbocycles. The second-order valence-electron chi connectivity index (χ2n) is 5.16. The first-order valence-electron chi connectivity index (χ1n) is 6.89. The Morgan fingerprint density at radius 2 is 2.09 bits per heavy atom. The Morgan fingerprint density at radius 1 is 1.43 bits per heavy atom. The molecule has 0 saturated heterocycles. The second kappa shape index (κ2) is 8.38. The average Bonchev–Trinajstić information content (AvgIpc) is 2.53. The number of alkyl halides is 3. The second-order valence-corrected chi connectivity index (χ2v) is 6.07. The van der Waals surface area contributed by atoms with Gasteiger partial charge in [0.15, 0.2) is 6.10 Å². The molecule has 0 aromatic heterocycles. The summed E-state index contributed by atoms with van der Waals surface area (Å²) in [4.78, 5) is 11.4. The minimum atomic E-state index is -1.96. The highest BCUT2D eigenvalue weighted by molar-refractivity contribution is 9.10. The summed E-state index contributed by atoms with van der Waals surface area (Å²) >= 11 is 3.29. The zero-order chi connectivity index (χ0) is 17.6. The summed E-state index contributed by atoms with van der Waals surface area (Å²) < 4.78 is 42.9. The predicted octanol–water partition coefficient (Wildman–Crippen LogP) is 4.74. The number of carbonyl (C=O) groups is 1. The maximum absolute atomic E-state index is 14.7. The number of carboxylic acid groups (broad SMARTS) is 1. The third-order valence-electron chi connectivity index (χ3n) is 3.40. The van der Waals surface area contributed by atoms with Crippen LogP contribution in [0.4, 0.5) is 13.2 Å². The lowest BCUT2D eigenvalue weighted by atomic mass is 9.87. The van der Waals surface area contributed by atoms with E-state index < -0.39 is 24.4 Å². The van der Waals surface area contributed by atoms with Crippen LogP contribution in [0.25, 0.3) is 6.08 Å². The van der Waals surface area contributed by atoms with Crippen molar-refractivity contribution in [1.29, 1.82) is 0 Å². The van der Waals surface area contributed by atoms with Crippen molar-refractivity contribution in [2.75, 3.05) is 13.9 Å². The molecular weight excluding hydrogens is 377 g/mol. The number of hydrogen-bond acceptors (Lipinski definition) is 2. The normalized spacial score (nSPS) is 18.5. The number of carboxylic acids is 1. The van der Waals surface area contributed by atoms with Gasteiger partial charge in [0.2, 0.25) is 0 Å². The zero-order valence-corrected chi connectivity index (χ0v) is 14.4. The van der Waals surface area contributed by atoms with Gasteiger partial charge in [-0.05, 0) is 44.0 Å². The van der Waals surface area contributed by atoms with E-state index in [9.17, 15) is 23.1 Å². The Hall–Kier alpha value is -1.50. The van der Waals surface area contributed by atoms with Crippen molar-refractivity contribution in [2.24, 2.45) is 0 Å². The predicted molar refractivity (Wildman–Crippen MR) is 85.9 cm³/mol. The van der Waals surface area contributed by atoms with E-state index in [2.05, 4.69) is 15.9 Å². The van der Waals surface area contributed by atoms with E-state index in [-0.39, 0.29) is 18.4 Å². The molecule has 1 aromatic carbocycles. The van der Waals surface area contributed by atoms with E-state index in [0.29, 0.717) is 18.5 Å². The summed E-state index contributed by atoms with van der Waals surface area (Å²) in [6.45, 7) is 0.593. The van der Waals surface area contributed by atoms with Crippen LogP contribution < -0.4 is 4.74 Å². The summed E-state index contributed by atoms with van der Waals surface area (Å²) in [5.74, 6) is -0.827. The Balaban J connectivity index is 0.00000127. The van der Waals surface area contributed by atoms with Crippen molar-refractivity contribution in [3.8, 4) is 5.75 Å². The number of benzene rings is 1. The fourth-order valence-electron chi connectivity index (χ4n) is 2.34. The summed E-state index contributed by atoms with van der Waals surface area (Å²) in [5.41, 5.74) is -1.55. The van der Waals surface area contributed by atoms with Gasteiger partial charge in [0.25, 0.3) is 0 Å². The lowest BCUT2D eigenvalue weighted by molar-refractivity contribution is -0.134. The van der Waals surface area contributed by atoms with Crippen LogP contribution in [-0.2, 0) is 4.79 Å². The molecule has 23 heavy (non-hydrogen) atoms. The molecule has 1 aliphatic rings. The molecule has 128 valence electrons. The number of fused-ring (bicyclic) bond motifs is 1. The first-order valence-corrected chi connectivity index (χ1v) is 7.68. The third-order valence-corrected chi connectivity index (χ3v) is 3.90. The van der Waals surface area contributed by atoms with Crippen LogP contribution in [0.1, 0.15) is 25.3 Å². The van der Waals surface area contributed by atoms with Gasteiger partial charge in [0.05, 0.1) is 19.4 Å². The fourth-order valence-corrected chi connectivity index (χ4v) is 2.72. The molecule has 1 N–H and O–H groups in total. The molecule has 2 atom stereocenters. The molecule has 1 heterocycles. The van der Waals surface area contributed by atoms with Crippen molar-refractivity contribution >= 4 is 28.0 Å². The Bertz CT molecular complexity index is 588. The van der Waals surface area contributed by atoms with Gasteiger partial charge in [0, 0.05) is 10.0 Å². The fraction of sp³-hybridized carbons (Fsp3) is 0.438. The molecule has 2 unspecified atom stereocenters. The molecule has 0 spiro atoms. The van der Waals surface area contributed by atoms with Crippen molar-refractivity contribution in [3.63, 3.8) is 0 Å². The molecule has 0 fully saturated rings. The Kier molecular flexibility index (Phi) is 7.12. The van der Waals surface area contributed by atoms with E-state index in [1.165, 1.54) is 13.0 Å². The van der Waals surface area contributed by atoms with E-state index >= 15 is 0 Å². The molecule has 1 aromatic rings. The quantitative estimate of drug-likeness (QED) is 0.784.